The van der Waals surface area contributed by atoms with Crippen molar-refractivity contribution in [3.8, 4) is 0 Å². The largest absolute Gasteiger partial charge is 0.481 e. The molecule has 0 saturated carbocycles. The quantitative estimate of drug-likeness (QED) is 0.922. The SMILES string of the molecule is CCCC1(C(=O)O)CCN(c2nc(C(F)(F)F)ns2)CC1. The highest BCUT2D eigenvalue weighted by Gasteiger charge is 2.42. The molecule has 1 fully saturated rings. The lowest BCUT2D eigenvalue weighted by Gasteiger charge is -2.38. The summed E-state index contributed by atoms with van der Waals surface area (Å²) in [5.41, 5.74) is -0.761. The second-order valence-corrected chi connectivity index (χ2v) is 5.95. The normalized spacial score (nSPS) is 18.8. The first kappa shape index (κ1) is 16.0. The molecule has 1 N–H and O–H groups in total. The van der Waals surface area contributed by atoms with E-state index >= 15 is 0 Å². The summed E-state index contributed by atoms with van der Waals surface area (Å²) in [4.78, 5) is 16.6. The fourth-order valence-electron chi connectivity index (χ4n) is 2.63. The summed E-state index contributed by atoms with van der Waals surface area (Å²) >= 11 is 0.702. The van der Waals surface area contributed by atoms with Crippen LogP contribution in [0.15, 0.2) is 0 Å². The van der Waals surface area contributed by atoms with E-state index in [2.05, 4.69) is 9.36 Å². The molecule has 0 aromatic carbocycles. The topological polar surface area (TPSA) is 66.3 Å². The second kappa shape index (κ2) is 5.78. The molecule has 0 radical (unpaired) electrons. The van der Waals surface area contributed by atoms with Gasteiger partial charge in [-0.3, -0.25) is 4.79 Å². The summed E-state index contributed by atoms with van der Waals surface area (Å²) in [6.07, 6.45) is -2.37. The third kappa shape index (κ3) is 3.28. The molecule has 1 saturated heterocycles. The van der Waals surface area contributed by atoms with Crippen LogP contribution in [-0.4, -0.2) is 33.5 Å². The molecule has 21 heavy (non-hydrogen) atoms. The zero-order chi connectivity index (χ0) is 15.7. The van der Waals surface area contributed by atoms with Crippen LogP contribution in [0.3, 0.4) is 0 Å². The first-order chi connectivity index (χ1) is 9.78. The zero-order valence-corrected chi connectivity index (χ0v) is 12.3. The van der Waals surface area contributed by atoms with E-state index in [9.17, 15) is 23.1 Å². The smallest absolute Gasteiger partial charge is 0.452 e. The van der Waals surface area contributed by atoms with Crippen molar-refractivity contribution < 1.29 is 23.1 Å². The van der Waals surface area contributed by atoms with Gasteiger partial charge in [0.25, 0.3) is 0 Å². The fourth-order valence-corrected chi connectivity index (χ4v) is 3.37. The van der Waals surface area contributed by atoms with Crippen molar-refractivity contribution >= 4 is 22.6 Å². The molecule has 0 atom stereocenters. The molecule has 0 spiro atoms. The van der Waals surface area contributed by atoms with Gasteiger partial charge in [0.1, 0.15) is 0 Å². The van der Waals surface area contributed by atoms with Gasteiger partial charge in [0.05, 0.1) is 5.41 Å². The molecular formula is C12H16F3N3O2S. The standard InChI is InChI=1S/C12H16F3N3O2S/c1-2-3-11(9(19)20)4-6-18(7-5-11)10-16-8(17-21-10)12(13,14)15/h2-7H2,1H3,(H,19,20). The number of hydrogen-bond donors (Lipinski definition) is 1. The summed E-state index contributed by atoms with van der Waals surface area (Å²) in [7, 11) is 0. The van der Waals surface area contributed by atoms with Crippen LogP contribution >= 0.6 is 11.5 Å². The maximum atomic E-state index is 12.5. The molecule has 2 rings (SSSR count). The lowest BCUT2D eigenvalue weighted by Crippen LogP contribution is -2.44. The lowest BCUT2D eigenvalue weighted by molar-refractivity contribution is -0.150. The number of anilines is 1. The highest BCUT2D eigenvalue weighted by atomic mass is 32.1. The molecule has 9 heteroatoms. The van der Waals surface area contributed by atoms with Crippen molar-refractivity contribution in [2.45, 2.75) is 38.8 Å². The van der Waals surface area contributed by atoms with Crippen LogP contribution < -0.4 is 4.90 Å². The van der Waals surface area contributed by atoms with Crippen LogP contribution in [0.5, 0.6) is 0 Å². The highest BCUT2D eigenvalue weighted by molar-refractivity contribution is 7.09. The van der Waals surface area contributed by atoms with Gasteiger partial charge in [-0.25, -0.2) is 0 Å². The number of carboxylic acid groups (broad SMARTS) is 1. The second-order valence-electron chi connectivity index (χ2n) is 5.22. The maximum Gasteiger partial charge on any atom is 0.452 e. The van der Waals surface area contributed by atoms with E-state index in [-0.39, 0.29) is 5.13 Å². The average Bonchev–Trinajstić information content (AvgIpc) is 2.89. The maximum absolute atomic E-state index is 12.5. The van der Waals surface area contributed by atoms with Gasteiger partial charge in [0, 0.05) is 24.6 Å². The molecule has 1 aliphatic rings. The van der Waals surface area contributed by atoms with E-state index in [4.69, 9.17) is 0 Å². The van der Waals surface area contributed by atoms with Gasteiger partial charge in [-0.1, -0.05) is 13.3 Å². The number of alkyl halides is 3. The third-order valence-electron chi connectivity index (χ3n) is 3.84. The molecule has 1 aliphatic heterocycles. The van der Waals surface area contributed by atoms with Crippen molar-refractivity contribution in [1.82, 2.24) is 9.36 Å². The highest BCUT2D eigenvalue weighted by Crippen LogP contribution is 2.39. The zero-order valence-electron chi connectivity index (χ0n) is 11.5. The summed E-state index contributed by atoms with van der Waals surface area (Å²) in [5.74, 6) is -1.96. The minimum absolute atomic E-state index is 0.206. The Morgan fingerprint density at radius 2 is 2.05 bits per heavy atom. The molecule has 0 amide bonds. The number of hydrogen-bond acceptors (Lipinski definition) is 5. The Morgan fingerprint density at radius 3 is 2.48 bits per heavy atom. The van der Waals surface area contributed by atoms with Crippen molar-refractivity contribution in [3.05, 3.63) is 5.82 Å². The van der Waals surface area contributed by atoms with Crippen LogP contribution in [0.1, 0.15) is 38.4 Å². The van der Waals surface area contributed by atoms with E-state index in [1.807, 2.05) is 6.92 Å². The third-order valence-corrected chi connectivity index (χ3v) is 4.62. The molecule has 0 bridgehead atoms. The van der Waals surface area contributed by atoms with Crippen molar-refractivity contribution in [1.29, 1.82) is 0 Å². The number of aromatic nitrogens is 2. The first-order valence-corrected chi connectivity index (χ1v) is 7.45. The Labute approximate surface area is 124 Å². The number of carboxylic acids is 1. The van der Waals surface area contributed by atoms with Crippen molar-refractivity contribution in [2.75, 3.05) is 18.0 Å². The van der Waals surface area contributed by atoms with Crippen LogP contribution in [-0.2, 0) is 11.0 Å². The van der Waals surface area contributed by atoms with Gasteiger partial charge in [-0.2, -0.15) is 22.5 Å². The first-order valence-electron chi connectivity index (χ1n) is 6.68. The van der Waals surface area contributed by atoms with Gasteiger partial charge >= 0.3 is 12.1 Å². The van der Waals surface area contributed by atoms with E-state index < -0.39 is 23.4 Å². The lowest BCUT2D eigenvalue weighted by atomic mass is 9.75. The molecule has 118 valence electrons. The van der Waals surface area contributed by atoms with Gasteiger partial charge in [-0.05, 0) is 19.3 Å². The Balaban J connectivity index is 2.07. The number of rotatable bonds is 4. The van der Waals surface area contributed by atoms with Crippen LogP contribution in [0.25, 0.3) is 0 Å². The predicted octanol–water partition coefficient (Wildman–Crippen LogP) is 3.03. The van der Waals surface area contributed by atoms with Gasteiger partial charge in [0.15, 0.2) is 0 Å². The molecule has 1 aromatic rings. The van der Waals surface area contributed by atoms with E-state index in [0.29, 0.717) is 43.9 Å². The van der Waals surface area contributed by atoms with E-state index in [1.165, 1.54) is 0 Å². The summed E-state index contributed by atoms with van der Waals surface area (Å²) in [5, 5.41) is 9.60. The van der Waals surface area contributed by atoms with Crippen molar-refractivity contribution in [2.24, 2.45) is 5.41 Å². The van der Waals surface area contributed by atoms with Crippen molar-refractivity contribution in [3.63, 3.8) is 0 Å². The number of nitrogens with zero attached hydrogens (tertiary/aromatic N) is 3. The average molecular weight is 323 g/mol. The molecule has 2 heterocycles. The summed E-state index contributed by atoms with van der Waals surface area (Å²) in [6, 6.07) is 0. The predicted molar refractivity (Wildman–Crippen MR) is 71.3 cm³/mol. The van der Waals surface area contributed by atoms with Crippen LogP contribution in [0, 0.1) is 5.41 Å². The van der Waals surface area contributed by atoms with Gasteiger partial charge < -0.3 is 10.0 Å². The fraction of sp³-hybridized carbons (Fsp3) is 0.750. The molecule has 5 nitrogen and oxygen atoms in total. The van der Waals surface area contributed by atoms with E-state index in [1.54, 1.807) is 4.90 Å². The van der Waals surface area contributed by atoms with Gasteiger partial charge in [0.2, 0.25) is 11.0 Å². The Morgan fingerprint density at radius 1 is 1.43 bits per heavy atom. The summed E-state index contributed by atoms with van der Waals surface area (Å²) in [6.45, 7) is 2.70. The Kier molecular flexibility index (Phi) is 4.40. The number of carbonyl (C=O) groups is 1. The summed E-state index contributed by atoms with van der Waals surface area (Å²) < 4.78 is 40.8. The molecular weight excluding hydrogens is 307 g/mol. The van der Waals surface area contributed by atoms with Gasteiger partial charge in [-0.15, -0.1) is 0 Å². The molecule has 1 aromatic heterocycles. The number of halogens is 3. The monoisotopic (exact) mass is 323 g/mol. The number of aliphatic carboxylic acids is 1. The van der Waals surface area contributed by atoms with Crippen LogP contribution in [0.2, 0.25) is 0 Å². The molecule has 0 unspecified atom stereocenters. The minimum atomic E-state index is -4.54. The van der Waals surface area contributed by atoms with Crippen LogP contribution in [0.4, 0.5) is 18.3 Å². The molecule has 0 aliphatic carbocycles. The minimum Gasteiger partial charge on any atom is -0.481 e. The Hall–Kier alpha value is -1.38. The Bertz CT molecular complexity index is 510. The van der Waals surface area contributed by atoms with E-state index in [0.717, 1.165) is 6.42 Å². The number of piperidine rings is 1.